The van der Waals surface area contributed by atoms with Crippen molar-refractivity contribution < 1.29 is 14.3 Å². The number of carboxylic acid groups (broad SMARTS) is 1. The molecule has 1 fully saturated rings. The van der Waals surface area contributed by atoms with Gasteiger partial charge in [0.25, 0.3) is 0 Å². The Labute approximate surface area is 123 Å². The minimum Gasteiger partial charge on any atom is -0.481 e. The van der Waals surface area contributed by atoms with Gasteiger partial charge in [-0.2, -0.15) is 5.26 Å². The summed E-state index contributed by atoms with van der Waals surface area (Å²) < 4.78 is 13.3. The summed E-state index contributed by atoms with van der Waals surface area (Å²) in [4.78, 5) is 13.6. The Balaban J connectivity index is 2.09. The maximum atomic E-state index is 13.3. The smallest absolute Gasteiger partial charge is 0.310 e. The number of hydrogen-bond donors (Lipinski definition) is 1. The first-order valence-corrected chi connectivity index (χ1v) is 7.15. The van der Waals surface area contributed by atoms with Crippen molar-refractivity contribution in [2.75, 3.05) is 13.1 Å². The van der Waals surface area contributed by atoms with Gasteiger partial charge < -0.3 is 5.11 Å². The standard InChI is InChI=1S/C16H19FN2O2/c1-2-5-16(15(20)21)6-7-19(11-16)10-12-3-4-14(17)13(8-12)9-18/h3-4,8H,2,5-7,10-11H2,1H3,(H,20,21). The van der Waals surface area contributed by atoms with Crippen LogP contribution in [0, 0.1) is 22.6 Å². The van der Waals surface area contributed by atoms with Crippen molar-refractivity contribution >= 4 is 5.97 Å². The van der Waals surface area contributed by atoms with Crippen LogP contribution in [-0.4, -0.2) is 29.1 Å². The Hall–Kier alpha value is -1.93. The average Bonchev–Trinajstić information content (AvgIpc) is 2.86. The summed E-state index contributed by atoms with van der Waals surface area (Å²) in [6, 6.07) is 6.31. The Kier molecular flexibility index (Phi) is 4.59. The van der Waals surface area contributed by atoms with Crippen molar-refractivity contribution in [3.05, 3.63) is 35.1 Å². The van der Waals surface area contributed by atoms with Crippen LogP contribution in [-0.2, 0) is 11.3 Å². The lowest BCUT2D eigenvalue weighted by Gasteiger charge is -2.24. The Morgan fingerprint density at radius 1 is 1.57 bits per heavy atom. The fourth-order valence-electron chi connectivity index (χ4n) is 3.07. The lowest BCUT2D eigenvalue weighted by molar-refractivity contribution is -0.148. The van der Waals surface area contributed by atoms with Crippen LogP contribution in [0.1, 0.15) is 37.3 Å². The van der Waals surface area contributed by atoms with E-state index in [1.165, 1.54) is 12.1 Å². The number of benzene rings is 1. The molecule has 112 valence electrons. The van der Waals surface area contributed by atoms with Crippen LogP contribution < -0.4 is 0 Å². The third kappa shape index (κ3) is 3.22. The van der Waals surface area contributed by atoms with Gasteiger partial charge in [-0.1, -0.05) is 19.4 Å². The maximum absolute atomic E-state index is 13.3. The molecule has 1 heterocycles. The Morgan fingerprint density at radius 2 is 2.33 bits per heavy atom. The van der Waals surface area contributed by atoms with E-state index in [9.17, 15) is 14.3 Å². The molecule has 0 bridgehead atoms. The molecule has 1 unspecified atom stereocenters. The number of halogens is 1. The summed E-state index contributed by atoms with van der Waals surface area (Å²) >= 11 is 0. The number of hydrogen-bond acceptors (Lipinski definition) is 3. The summed E-state index contributed by atoms with van der Waals surface area (Å²) in [6.07, 6.45) is 2.16. The average molecular weight is 290 g/mol. The molecule has 0 radical (unpaired) electrons. The SMILES string of the molecule is CCCC1(C(=O)O)CCN(Cc2ccc(F)c(C#N)c2)C1. The van der Waals surface area contributed by atoms with Gasteiger partial charge >= 0.3 is 5.97 Å². The molecule has 0 aromatic heterocycles. The largest absolute Gasteiger partial charge is 0.481 e. The van der Waals surface area contributed by atoms with Gasteiger partial charge in [0, 0.05) is 13.1 Å². The summed E-state index contributed by atoms with van der Waals surface area (Å²) in [6.45, 7) is 3.77. The molecule has 1 saturated heterocycles. The molecule has 21 heavy (non-hydrogen) atoms. The highest BCUT2D eigenvalue weighted by molar-refractivity contribution is 5.75. The van der Waals surface area contributed by atoms with Gasteiger partial charge in [0.2, 0.25) is 0 Å². The minimum atomic E-state index is -0.733. The van der Waals surface area contributed by atoms with Crippen LogP contribution in [0.2, 0.25) is 0 Å². The van der Waals surface area contributed by atoms with Gasteiger partial charge in [0.15, 0.2) is 0 Å². The molecule has 5 heteroatoms. The van der Waals surface area contributed by atoms with Gasteiger partial charge in [-0.15, -0.1) is 0 Å². The third-order valence-corrected chi connectivity index (χ3v) is 4.17. The zero-order valence-electron chi connectivity index (χ0n) is 12.1. The first-order chi connectivity index (χ1) is 10.0. The molecule has 1 atom stereocenters. The number of carboxylic acids is 1. The fourth-order valence-corrected chi connectivity index (χ4v) is 3.07. The van der Waals surface area contributed by atoms with Crippen molar-refractivity contribution in [1.29, 1.82) is 5.26 Å². The van der Waals surface area contributed by atoms with Crippen molar-refractivity contribution in [3.63, 3.8) is 0 Å². The quantitative estimate of drug-likeness (QED) is 0.905. The van der Waals surface area contributed by atoms with Crippen molar-refractivity contribution in [2.24, 2.45) is 5.41 Å². The van der Waals surface area contributed by atoms with E-state index in [4.69, 9.17) is 5.26 Å². The number of aliphatic carboxylic acids is 1. The minimum absolute atomic E-state index is 0.0322. The Morgan fingerprint density at radius 3 is 2.95 bits per heavy atom. The lowest BCUT2D eigenvalue weighted by atomic mass is 9.83. The highest BCUT2D eigenvalue weighted by atomic mass is 19.1. The number of rotatable bonds is 5. The predicted octanol–water partition coefficient (Wildman–Crippen LogP) is 2.77. The number of carbonyl (C=O) groups is 1. The molecule has 4 nitrogen and oxygen atoms in total. The van der Waals surface area contributed by atoms with Crippen LogP contribution in [0.3, 0.4) is 0 Å². The second kappa shape index (κ2) is 6.23. The van der Waals surface area contributed by atoms with E-state index in [1.54, 1.807) is 6.07 Å². The second-order valence-electron chi connectivity index (χ2n) is 5.72. The zero-order chi connectivity index (χ0) is 15.5. The van der Waals surface area contributed by atoms with Crippen LogP contribution in [0.5, 0.6) is 0 Å². The van der Waals surface area contributed by atoms with Gasteiger partial charge in [-0.05, 0) is 37.1 Å². The molecule has 0 amide bonds. The van der Waals surface area contributed by atoms with Gasteiger partial charge in [0.1, 0.15) is 11.9 Å². The lowest BCUT2D eigenvalue weighted by Crippen LogP contribution is -2.34. The Bertz CT molecular complexity index is 582. The predicted molar refractivity (Wildman–Crippen MR) is 76.0 cm³/mol. The fraction of sp³-hybridized carbons (Fsp3) is 0.500. The van der Waals surface area contributed by atoms with E-state index in [0.717, 1.165) is 12.0 Å². The van der Waals surface area contributed by atoms with E-state index in [1.807, 2.05) is 13.0 Å². The van der Waals surface area contributed by atoms with Gasteiger partial charge in [-0.3, -0.25) is 9.69 Å². The molecule has 1 N–H and O–H groups in total. The monoisotopic (exact) mass is 290 g/mol. The van der Waals surface area contributed by atoms with E-state index >= 15 is 0 Å². The number of likely N-dealkylation sites (tertiary alicyclic amines) is 1. The molecule has 1 aliphatic heterocycles. The highest BCUT2D eigenvalue weighted by Gasteiger charge is 2.43. The number of nitriles is 1. The molecule has 0 spiro atoms. The number of nitrogens with zero attached hydrogens (tertiary/aromatic N) is 2. The van der Waals surface area contributed by atoms with E-state index in [-0.39, 0.29) is 5.56 Å². The highest BCUT2D eigenvalue weighted by Crippen LogP contribution is 2.36. The molecular weight excluding hydrogens is 271 g/mol. The molecule has 1 aromatic rings. The summed E-state index contributed by atoms with van der Waals surface area (Å²) in [5.74, 6) is -1.25. The van der Waals surface area contributed by atoms with E-state index < -0.39 is 17.2 Å². The third-order valence-electron chi connectivity index (χ3n) is 4.17. The summed E-state index contributed by atoms with van der Waals surface area (Å²) in [7, 11) is 0. The van der Waals surface area contributed by atoms with Crippen molar-refractivity contribution in [2.45, 2.75) is 32.7 Å². The maximum Gasteiger partial charge on any atom is 0.310 e. The first kappa shape index (κ1) is 15.5. The molecule has 0 aliphatic carbocycles. The van der Waals surface area contributed by atoms with E-state index in [2.05, 4.69) is 4.90 Å². The van der Waals surface area contributed by atoms with Gasteiger partial charge in [-0.25, -0.2) is 4.39 Å². The second-order valence-corrected chi connectivity index (χ2v) is 5.72. The molecule has 2 rings (SSSR count). The van der Waals surface area contributed by atoms with Crippen LogP contribution >= 0.6 is 0 Å². The summed E-state index contributed by atoms with van der Waals surface area (Å²) in [5, 5.41) is 18.3. The topological polar surface area (TPSA) is 64.3 Å². The van der Waals surface area contributed by atoms with E-state index in [0.29, 0.717) is 32.5 Å². The van der Waals surface area contributed by atoms with Gasteiger partial charge in [0.05, 0.1) is 11.0 Å². The van der Waals surface area contributed by atoms with Crippen LogP contribution in [0.4, 0.5) is 4.39 Å². The normalized spacial score (nSPS) is 22.1. The van der Waals surface area contributed by atoms with Crippen LogP contribution in [0.25, 0.3) is 0 Å². The molecule has 1 aliphatic rings. The summed E-state index contributed by atoms with van der Waals surface area (Å²) in [5.41, 5.74) is 0.211. The zero-order valence-corrected chi connectivity index (χ0v) is 12.1. The molecular formula is C16H19FN2O2. The van der Waals surface area contributed by atoms with Crippen molar-refractivity contribution in [1.82, 2.24) is 4.90 Å². The van der Waals surface area contributed by atoms with Crippen LogP contribution in [0.15, 0.2) is 18.2 Å². The molecule has 0 saturated carbocycles. The molecule has 1 aromatic carbocycles. The first-order valence-electron chi connectivity index (χ1n) is 7.15. The van der Waals surface area contributed by atoms with Crippen molar-refractivity contribution in [3.8, 4) is 6.07 Å².